The number of hydrogen-bond donors (Lipinski definition) is 2. The van der Waals surface area contributed by atoms with Crippen LogP contribution in [0.3, 0.4) is 0 Å². The molecule has 0 aromatic heterocycles. The molecule has 2 atom stereocenters. The first-order valence-corrected chi connectivity index (χ1v) is 8.21. The first kappa shape index (κ1) is 16.0. The summed E-state index contributed by atoms with van der Waals surface area (Å²) < 4.78 is 0. The third-order valence-electron chi connectivity index (χ3n) is 4.57. The molecule has 1 saturated carbocycles. The third-order valence-corrected chi connectivity index (χ3v) is 4.57. The van der Waals surface area contributed by atoms with Gasteiger partial charge in [0.15, 0.2) is 0 Å². The van der Waals surface area contributed by atoms with Crippen molar-refractivity contribution in [1.82, 2.24) is 5.32 Å². The number of aryl methyl sites for hydroxylation is 1. The van der Waals surface area contributed by atoms with Gasteiger partial charge in [-0.25, -0.2) is 0 Å². The summed E-state index contributed by atoms with van der Waals surface area (Å²) in [6.45, 7) is 0.990. The van der Waals surface area contributed by atoms with E-state index in [-0.39, 0.29) is 12.5 Å². The maximum Gasteiger partial charge on any atom is 0.220 e. The van der Waals surface area contributed by atoms with Gasteiger partial charge in [0, 0.05) is 19.6 Å². The minimum Gasteiger partial charge on any atom is -0.396 e. The van der Waals surface area contributed by atoms with Gasteiger partial charge in [-0.3, -0.25) is 4.79 Å². The first-order chi connectivity index (χ1) is 10.3. The molecule has 1 fully saturated rings. The fourth-order valence-corrected chi connectivity index (χ4v) is 3.22. The zero-order valence-corrected chi connectivity index (χ0v) is 12.8. The molecule has 2 rings (SSSR count). The molecule has 3 nitrogen and oxygen atoms in total. The van der Waals surface area contributed by atoms with E-state index in [0.29, 0.717) is 18.3 Å². The van der Waals surface area contributed by atoms with Gasteiger partial charge in [0.25, 0.3) is 0 Å². The molecule has 0 bridgehead atoms. The molecule has 2 unspecified atom stereocenters. The first-order valence-electron chi connectivity index (χ1n) is 8.21. The monoisotopic (exact) mass is 289 g/mol. The number of aliphatic hydroxyl groups excluding tert-OH is 1. The second-order valence-electron chi connectivity index (χ2n) is 6.13. The van der Waals surface area contributed by atoms with Crippen molar-refractivity contribution in [3.8, 4) is 0 Å². The van der Waals surface area contributed by atoms with Crippen molar-refractivity contribution in [2.75, 3.05) is 13.2 Å². The van der Waals surface area contributed by atoms with E-state index >= 15 is 0 Å². The summed E-state index contributed by atoms with van der Waals surface area (Å²) in [5.74, 6) is 0.985. The third kappa shape index (κ3) is 5.50. The fraction of sp³-hybridized carbons (Fsp3) is 0.611. The van der Waals surface area contributed by atoms with Crippen LogP contribution in [0.4, 0.5) is 0 Å². The lowest BCUT2D eigenvalue weighted by atomic mass is 9.79. The molecule has 3 heteroatoms. The predicted octanol–water partition coefficient (Wildman–Crippen LogP) is 2.92. The number of aliphatic hydroxyl groups is 1. The van der Waals surface area contributed by atoms with E-state index in [4.69, 9.17) is 0 Å². The SMILES string of the molecule is O=C(CCCc1ccccc1)NCC1CCCCC1CO. The molecule has 1 aliphatic rings. The Bertz CT molecular complexity index is 418. The molecule has 116 valence electrons. The molecule has 0 radical (unpaired) electrons. The quantitative estimate of drug-likeness (QED) is 0.811. The minimum atomic E-state index is 0.146. The van der Waals surface area contributed by atoms with Crippen LogP contribution in [0.5, 0.6) is 0 Å². The summed E-state index contributed by atoms with van der Waals surface area (Å²) in [6.07, 6.45) is 7.12. The zero-order valence-electron chi connectivity index (χ0n) is 12.8. The van der Waals surface area contributed by atoms with Crippen molar-refractivity contribution in [3.05, 3.63) is 35.9 Å². The van der Waals surface area contributed by atoms with Crippen molar-refractivity contribution in [2.45, 2.75) is 44.9 Å². The molecule has 1 aliphatic carbocycles. The molecular weight excluding hydrogens is 262 g/mol. The maximum atomic E-state index is 11.9. The average molecular weight is 289 g/mol. The van der Waals surface area contributed by atoms with Crippen LogP contribution >= 0.6 is 0 Å². The largest absolute Gasteiger partial charge is 0.396 e. The predicted molar refractivity (Wildman–Crippen MR) is 84.9 cm³/mol. The van der Waals surface area contributed by atoms with Crippen LogP contribution < -0.4 is 5.32 Å². The number of hydrogen-bond acceptors (Lipinski definition) is 2. The van der Waals surface area contributed by atoms with Crippen LogP contribution in [0.1, 0.15) is 44.1 Å². The van der Waals surface area contributed by atoms with Gasteiger partial charge in [0.05, 0.1) is 0 Å². The number of nitrogens with one attached hydrogen (secondary N) is 1. The molecule has 1 aromatic rings. The summed E-state index contributed by atoms with van der Waals surface area (Å²) in [4.78, 5) is 11.9. The molecule has 1 aromatic carbocycles. The van der Waals surface area contributed by atoms with Crippen LogP contribution in [-0.2, 0) is 11.2 Å². The van der Waals surface area contributed by atoms with Gasteiger partial charge >= 0.3 is 0 Å². The second-order valence-corrected chi connectivity index (χ2v) is 6.13. The van der Waals surface area contributed by atoms with Crippen molar-refractivity contribution in [3.63, 3.8) is 0 Å². The Kier molecular flexibility index (Phi) is 6.74. The number of carbonyl (C=O) groups is 1. The molecule has 0 spiro atoms. The lowest BCUT2D eigenvalue weighted by molar-refractivity contribution is -0.121. The molecule has 1 amide bonds. The van der Waals surface area contributed by atoms with E-state index in [2.05, 4.69) is 17.4 Å². The highest BCUT2D eigenvalue weighted by molar-refractivity contribution is 5.75. The van der Waals surface area contributed by atoms with Gasteiger partial charge < -0.3 is 10.4 Å². The number of carbonyl (C=O) groups excluding carboxylic acids is 1. The van der Waals surface area contributed by atoms with E-state index < -0.39 is 0 Å². The molecule has 0 aliphatic heterocycles. The Morgan fingerprint density at radius 1 is 1.14 bits per heavy atom. The Balaban J connectivity index is 1.63. The lowest BCUT2D eigenvalue weighted by Crippen LogP contribution is -2.35. The smallest absolute Gasteiger partial charge is 0.220 e. The summed E-state index contributed by atoms with van der Waals surface area (Å²) in [5.41, 5.74) is 1.29. The van der Waals surface area contributed by atoms with Gasteiger partial charge in [-0.2, -0.15) is 0 Å². The van der Waals surface area contributed by atoms with E-state index in [1.165, 1.54) is 18.4 Å². The molecule has 0 saturated heterocycles. The van der Waals surface area contributed by atoms with E-state index in [9.17, 15) is 9.90 Å². The second kappa shape index (κ2) is 8.83. The van der Waals surface area contributed by atoms with Crippen LogP contribution in [-0.4, -0.2) is 24.2 Å². The number of rotatable bonds is 7. The molecule has 21 heavy (non-hydrogen) atoms. The van der Waals surface area contributed by atoms with Gasteiger partial charge in [-0.15, -0.1) is 0 Å². The standard InChI is InChI=1S/C18H27NO2/c20-14-17-11-5-4-10-16(17)13-19-18(21)12-6-9-15-7-2-1-3-8-15/h1-3,7-8,16-17,20H,4-6,9-14H2,(H,19,21). The van der Waals surface area contributed by atoms with Crippen LogP contribution in [0, 0.1) is 11.8 Å². The van der Waals surface area contributed by atoms with Gasteiger partial charge in [0.1, 0.15) is 0 Å². The van der Waals surface area contributed by atoms with E-state index in [0.717, 1.165) is 32.2 Å². The highest BCUT2D eigenvalue weighted by Gasteiger charge is 2.24. The normalized spacial score (nSPS) is 22.0. The van der Waals surface area contributed by atoms with E-state index in [1.54, 1.807) is 0 Å². The minimum absolute atomic E-state index is 0.146. The number of benzene rings is 1. The molecule has 2 N–H and O–H groups in total. The van der Waals surface area contributed by atoms with Crippen molar-refractivity contribution >= 4 is 5.91 Å². The lowest BCUT2D eigenvalue weighted by Gasteiger charge is -2.30. The van der Waals surface area contributed by atoms with Crippen molar-refractivity contribution in [1.29, 1.82) is 0 Å². The Morgan fingerprint density at radius 2 is 1.86 bits per heavy atom. The van der Waals surface area contributed by atoms with Gasteiger partial charge in [-0.1, -0.05) is 43.2 Å². The highest BCUT2D eigenvalue weighted by atomic mass is 16.3. The van der Waals surface area contributed by atoms with Crippen molar-refractivity contribution < 1.29 is 9.90 Å². The van der Waals surface area contributed by atoms with Gasteiger partial charge in [0.2, 0.25) is 5.91 Å². The van der Waals surface area contributed by atoms with E-state index in [1.807, 2.05) is 18.2 Å². The number of amides is 1. The topological polar surface area (TPSA) is 49.3 Å². The Labute approximate surface area is 127 Å². The van der Waals surface area contributed by atoms with Crippen LogP contribution in [0.15, 0.2) is 30.3 Å². The summed E-state index contributed by atoms with van der Waals surface area (Å²) >= 11 is 0. The van der Waals surface area contributed by atoms with Crippen LogP contribution in [0.2, 0.25) is 0 Å². The van der Waals surface area contributed by atoms with Gasteiger partial charge in [-0.05, 0) is 43.1 Å². The van der Waals surface area contributed by atoms with Crippen molar-refractivity contribution in [2.24, 2.45) is 11.8 Å². The summed E-state index contributed by atoms with van der Waals surface area (Å²) in [5, 5.41) is 12.4. The Hall–Kier alpha value is -1.35. The zero-order chi connectivity index (χ0) is 14.9. The maximum absolute atomic E-state index is 11.9. The summed E-state index contributed by atoms with van der Waals surface area (Å²) in [7, 11) is 0. The molecule has 0 heterocycles. The van der Waals surface area contributed by atoms with Crippen LogP contribution in [0.25, 0.3) is 0 Å². The summed E-state index contributed by atoms with van der Waals surface area (Å²) in [6, 6.07) is 10.3. The average Bonchev–Trinajstić information content (AvgIpc) is 2.54. The molecular formula is C18H27NO2. The highest BCUT2D eigenvalue weighted by Crippen LogP contribution is 2.29. The Morgan fingerprint density at radius 3 is 2.57 bits per heavy atom. The fourth-order valence-electron chi connectivity index (χ4n) is 3.22.